The SMILES string of the molecule is Nc1nc2cc(-c3ccc4ncc(C(O)N5CCOCC5)n4n3)ccc2o1. The van der Waals surface area contributed by atoms with Crippen molar-refractivity contribution in [3.8, 4) is 11.3 Å². The summed E-state index contributed by atoms with van der Waals surface area (Å²) in [6.45, 7) is 2.54. The van der Waals surface area contributed by atoms with Gasteiger partial charge in [0.05, 0.1) is 25.1 Å². The minimum Gasteiger partial charge on any atom is -0.424 e. The Kier molecular flexibility index (Phi) is 3.78. The number of ether oxygens (including phenoxy) is 1. The van der Waals surface area contributed by atoms with Crippen LogP contribution in [0.1, 0.15) is 11.9 Å². The summed E-state index contributed by atoms with van der Waals surface area (Å²) in [5, 5.41) is 15.5. The molecule has 4 aromatic rings. The Labute approximate surface area is 154 Å². The molecular formula is C18H18N6O3. The number of aromatic nitrogens is 4. The number of nitrogens with zero attached hydrogens (tertiary/aromatic N) is 5. The molecule has 1 saturated heterocycles. The van der Waals surface area contributed by atoms with Crippen LogP contribution in [-0.2, 0) is 4.74 Å². The van der Waals surface area contributed by atoms with Crippen molar-refractivity contribution in [2.45, 2.75) is 6.23 Å². The van der Waals surface area contributed by atoms with Crippen molar-refractivity contribution in [2.75, 3.05) is 32.0 Å². The second kappa shape index (κ2) is 6.31. The van der Waals surface area contributed by atoms with E-state index in [1.54, 1.807) is 10.7 Å². The van der Waals surface area contributed by atoms with E-state index in [1.165, 1.54) is 0 Å². The summed E-state index contributed by atoms with van der Waals surface area (Å²) in [6.07, 6.45) is 0.873. The average molecular weight is 366 g/mol. The molecule has 0 amide bonds. The predicted molar refractivity (Wildman–Crippen MR) is 97.8 cm³/mol. The second-order valence-corrected chi connectivity index (χ2v) is 6.43. The molecule has 4 heterocycles. The summed E-state index contributed by atoms with van der Waals surface area (Å²) < 4.78 is 12.3. The van der Waals surface area contributed by atoms with Gasteiger partial charge in [-0.05, 0) is 30.3 Å². The highest BCUT2D eigenvalue weighted by molar-refractivity contribution is 5.80. The Morgan fingerprint density at radius 2 is 2.00 bits per heavy atom. The number of nitrogen functional groups attached to an aromatic ring is 1. The highest BCUT2D eigenvalue weighted by atomic mass is 16.5. The largest absolute Gasteiger partial charge is 0.424 e. The molecule has 0 spiro atoms. The molecule has 9 nitrogen and oxygen atoms in total. The lowest BCUT2D eigenvalue weighted by atomic mass is 10.1. The number of rotatable bonds is 3. The fraction of sp³-hybridized carbons (Fsp3) is 0.278. The predicted octanol–water partition coefficient (Wildman–Crippen LogP) is 1.44. The van der Waals surface area contributed by atoms with E-state index in [0.29, 0.717) is 48.7 Å². The fourth-order valence-corrected chi connectivity index (χ4v) is 3.33. The maximum atomic E-state index is 10.8. The van der Waals surface area contributed by atoms with E-state index in [4.69, 9.17) is 14.9 Å². The normalized spacial score (nSPS) is 16.9. The Balaban J connectivity index is 1.55. The maximum absolute atomic E-state index is 10.8. The lowest BCUT2D eigenvalue weighted by molar-refractivity contribution is -0.0629. The van der Waals surface area contributed by atoms with Crippen LogP contribution in [0.4, 0.5) is 6.01 Å². The lowest BCUT2D eigenvalue weighted by Crippen LogP contribution is -2.39. The topological polar surface area (TPSA) is 115 Å². The maximum Gasteiger partial charge on any atom is 0.292 e. The molecule has 5 rings (SSSR count). The summed E-state index contributed by atoms with van der Waals surface area (Å²) in [5.41, 5.74) is 9.83. The molecule has 1 fully saturated rings. The number of anilines is 1. The first kappa shape index (κ1) is 16.2. The van der Waals surface area contributed by atoms with E-state index in [1.807, 2.05) is 35.2 Å². The summed E-state index contributed by atoms with van der Waals surface area (Å²) in [5.74, 6) is 0. The van der Waals surface area contributed by atoms with Crippen molar-refractivity contribution in [2.24, 2.45) is 0 Å². The van der Waals surface area contributed by atoms with Gasteiger partial charge >= 0.3 is 0 Å². The molecule has 138 valence electrons. The average Bonchev–Trinajstić information content (AvgIpc) is 3.29. The van der Waals surface area contributed by atoms with Crippen LogP contribution in [0.15, 0.2) is 40.9 Å². The summed E-state index contributed by atoms with van der Waals surface area (Å²) in [7, 11) is 0. The zero-order valence-corrected chi connectivity index (χ0v) is 14.4. The molecule has 3 N–H and O–H groups in total. The summed E-state index contributed by atoms with van der Waals surface area (Å²) >= 11 is 0. The number of hydrogen-bond acceptors (Lipinski definition) is 8. The number of aliphatic hydroxyl groups is 1. The van der Waals surface area contributed by atoms with Crippen LogP contribution in [0.25, 0.3) is 28.0 Å². The number of benzene rings is 1. The van der Waals surface area contributed by atoms with Crippen LogP contribution in [0.2, 0.25) is 0 Å². The molecule has 9 heteroatoms. The standard InChI is InChI=1S/C18H18N6O3/c19-18-21-13-9-11(1-3-15(13)27-18)12-2-4-16-20-10-14(24(16)22-12)17(25)23-5-7-26-8-6-23/h1-4,9-10,17,25H,5-8H2,(H2,19,21). The molecule has 0 bridgehead atoms. The van der Waals surface area contributed by atoms with E-state index < -0.39 is 6.23 Å². The molecule has 1 aliphatic heterocycles. The number of oxazole rings is 1. The third-order valence-electron chi connectivity index (χ3n) is 4.74. The van der Waals surface area contributed by atoms with E-state index in [2.05, 4.69) is 15.1 Å². The van der Waals surface area contributed by atoms with E-state index >= 15 is 0 Å². The fourth-order valence-electron chi connectivity index (χ4n) is 3.33. The number of nitrogens with two attached hydrogens (primary N) is 1. The molecule has 0 radical (unpaired) electrons. The van der Waals surface area contributed by atoms with Gasteiger partial charge in [0.25, 0.3) is 6.01 Å². The van der Waals surface area contributed by atoms with Gasteiger partial charge in [-0.25, -0.2) is 9.50 Å². The Bertz CT molecular complexity index is 1110. The summed E-state index contributed by atoms with van der Waals surface area (Å²) in [4.78, 5) is 10.5. The molecule has 1 atom stereocenters. The van der Waals surface area contributed by atoms with Gasteiger partial charge in [-0.3, -0.25) is 4.90 Å². The van der Waals surface area contributed by atoms with Crippen LogP contribution in [0.3, 0.4) is 0 Å². The molecular weight excluding hydrogens is 348 g/mol. The van der Waals surface area contributed by atoms with E-state index in [-0.39, 0.29) is 6.01 Å². The van der Waals surface area contributed by atoms with Gasteiger partial charge in [0.2, 0.25) is 0 Å². The highest BCUT2D eigenvalue weighted by Gasteiger charge is 2.23. The molecule has 0 aliphatic carbocycles. The van der Waals surface area contributed by atoms with Crippen LogP contribution < -0.4 is 5.73 Å². The first-order valence-corrected chi connectivity index (χ1v) is 8.70. The smallest absolute Gasteiger partial charge is 0.292 e. The number of aliphatic hydroxyl groups excluding tert-OH is 1. The number of fused-ring (bicyclic) bond motifs is 2. The highest BCUT2D eigenvalue weighted by Crippen LogP contribution is 2.26. The number of hydrogen-bond donors (Lipinski definition) is 2. The molecule has 1 aliphatic rings. The van der Waals surface area contributed by atoms with Crippen LogP contribution in [0, 0.1) is 0 Å². The van der Waals surface area contributed by atoms with Gasteiger partial charge < -0.3 is 20.0 Å². The molecule has 3 aromatic heterocycles. The summed E-state index contributed by atoms with van der Waals surface area (Å²) in [6, 6.07) is 9.49. The van der Waals surface area contributed by atoms with E-state index in [9.17, 15) is 5.11 Å². The van der Waals surface area contributed by atoms with Gasteiger partial charge in [-0.1, -0.05) is 0 Å². The van der Waals surface area contributed by atoms with Gasteiger partial charge in [0.1, 0.15) is 11.2 Å². The third kappa shape index (κ3) is 2.81. The van der Waals surface area contributed by atoms with Gasteiger partial charge in [0, 0.05) is 18.7 Å². The van der Waals surface area contributed by atoms with Crippen molar-refractivity contribution >= 4 is 22.8 Å². The lowest BCUT2D eigenvalue weighted by Gasteiger charge is -2.30. The molecule has 1 aromatic carbocycles. The minimum absolute atomic E-state index is 0.135. The van der Waals surface area contributed by atoms with Gasteiger partial charge in [-0.2, -0.15) is 10.1 Å². The Morgan fingerprint density at radius 1 is 1.15 bits per heavy atom. The van der Waals surface area contributed by atoms with Gasteiger partial charge in [-0.15, -0.1) is 0 Å². The number of imidazole rings is 1. The van der Waals surface area contributed by atoms with Crippen molar-refractivity contribution in [3.63, 3.8) is 0 Å². The van der Waals surface area contributed by atoms with Crippen LogP contribution in [0.5, 0.6) is 0 Å². The first-order valence-electron chi connectivity index (χ1n) is 8.70. The molecule has 27 heavy (non-hydrogen) atoms. The van der Waals surface area contributed by atoms with Crippen molar-refractivity contribution < 1.29 is 14.3 Å². The Morgan fingerprint density at radius 3 is 2.85 bits per heavy atom. The first-order chi connectivity index (χ1) is 13.2. The van der Waals surface area contributed by atoms with Crippen molar-refractivity contribution in [1.82, 2.24) is 24.5 Å². The van der Waals surface area contributed by atoms with Crippen LogP contribution in [-0.4, -0.2) is 55.9 Å². The van der Waals surface area contributed by atoms with Gasteiger partial charge in [0.15, 0.2) is 17.5 Å². The molecule has 0 saturated carbocycles. The molecule has 1 unspecified atom stereocenters. The minimum atomic E-state index is -0.788. The third-order valence-corrected chi connectivity index (χ3v) is 4.74. The van der Waals surface area contributed by atoms with Crippen molar-refractivity contribution in [3.05, 3.63) is 42.2 Å². The van der Waals surface area contributed by atoms with Crippen LogP contribution >= 0.6 is 0 Å². The monoisotopic (exact) mass is 366 g/mol. The van der Waals surface area contributed by atoms with Crippen molar-refractivity contribution in [1.29, 1.82) is 0 Å². The number of morpholine rings is 1. The second-order valence-electron chi connectivity index (χ2n) is 6.43. The zero-order chi connectivity index (χ0) is 18.4. The zero-order valence-electron chi connectivity index (χ0n) is 14.4. The quantitative estimate of drug-likeness (QED) is 0.560. The van der Waals surface area contributed by atoms with E-state index in [0.717, 1.165) is 11.3 Å². The Hall–Kier alpha value is -3.01.